The largest absolute Gasteiger partial charge is 0.480 e. The molecule has 0 aliphatic rings. The van der Waals surface area contributed by atoms with E-state index in [2.05, 4.69) is 11.9 Å². The summed E-state index contributed by atoms with van der Waals surface area (Å²) in [6.07, 6.45) is 3.51. The van der Waals surface area contributed by atoms with E-state index in [0.29, 0.717) is 31.4 Å². The molecule has 0 aromatic heterocycles. The molecule has 108 valence electrons. The van der Waals surface area contributed by atoms with Crippen molar-refractivity contribution in [2.45, 2.75) is 25.3 Å². The van der Waals surface area contributed by atoms with Crippen molar-refractivity contribution in [1.29, 1.82) is 0 Å². The number of carbonyl (C=O) groups is 2. The van der Waals surface area contributed by atoms with E-state index < -0.39 is 12.0 Å². The Morgan fingerprint density at radius 2 is 1.95 bits per heavy atom. The first-order valence-electron chi connectivity index (χ1n) is 6.53. The van der Waals surface area contributed by atoms with Gasteiger partial charge in [0.2, 0.25) is 0 Å². The number of carbonyl (C=O) groups excluding carboxylic acids is 1. The number of aliphatic carboxylic acids is 1. The fourth-order valence-corrected chi connectivity index (χ4v) is 1.69. The van der Waals surface area contributed by atoms with Gasteiger partial charge in [0.05, 0.1) is 0 Å². The van der Waals surface area contributed by atoms with Crippen LogP contribution in [0.25, 0.3) is 6.08 Å². The van der Waals surface area contributed by atoms with E-state index in [0.717, 1.165) is 5.56 Å². The molecule has 0 saturated carbocycles. The van der Waals surface area contributed by atoms with Crippen LogP contribution >= 0.6 is 0 Å². The molecule has 0 heterocycles. The number of hydrogen-bond donors (Lipinski definition) is 3. The predicted molar refractivity (Wildman–Crippen MR) is 78.3 cm³/mol. The molecule has 0 aliphatic carbocycles. The van der Waals surface area contributed by atoms with Crippen molar-refractivity contribution >= 4 is 18.0 Å². The molecular formula is C15H20N2O3. The third-order valence-corrected chi connectivity index (χ3v) is 2.95. The van der Waals surface area contributed by atoms with Crippen LogP contribution in [-0.4, -0.2) is 29.6 Å². The fourth-order valence-electron chi connectivity index (χ4n) is 1.69. The van der Waals surface area contributed by atoms with E-state index in [-0.39, 0.29) is 5.91 Å². The minimum absolute atomic E-state index is 0.136. The highest BCUT2D eigenvalue weighted by atomic mass is 16.4. The van der Waals surface area contributed by atoms with Crippen LogP contribution in [0.3, 0.4) is 0 Å². The molecule has 5 heteroatoms. The molecule has 1 amide bonds. The molecule has 20 heavy (non-hydrogen) atoms. The molecule has 0 aliphatic heterocycles. The number of carboxylic acids is 1. The Hall–Kier alpha value is -2.14. The second-order valence-corrected chi connectivity index (χ2v) is 4.52. The number of carboxylic acid groups (broad SMARTS) is 1. The smallest absolute Gasteiger partial charge is 0.320 e. The number of amides is 1. The van der Waals surface area contributed by atoms with Crippen molar-refractivity contribution in [3.63, 3.8) is 0 Å². The molecule has 1 rings (SSSR count). The van der Waals surface area contributed by atoms with E-state index in [9.17, 15) is 9.59 Å². The summed E-state index contributed by atoms with van der Waals surface area (Å²) in [7, 11) is 0. The molecule has 5 nitrogen and oxygen atoms in total. The summed E-state index contributed by atoms with van der Waals surface area (Å²) in [4.78, 5) is 22.3. The minimum atomic E-state index is -0.989. The first-order valence-corrected chi connectivity index (χ1v) is 6.53. The maximum atomic E-state index is 11.8. The molecular weight excluding hydrogens is 256 g/mol. The Labute approximate surface area is 118 Å². The Morgan fingerprint density at radius 3 is 2.50 bits per heavy atom. The standard InChI is InChI=1S/C15H20N2O3/c1-2-11-6-8-12(9-7-11)14(18)17-10-4-3-5-13(16)15(19)20/h2,6-9,13H,1,3-5,10,16H2,(H,17,18)(H,19,20)/t13-/m0/s1. The molecule has 0 fully saturated rings. The highest BCUT2D eigenvalue weighted by molar-refractivity contribution is 5.94. The zero-order valence-electron chi connectivity index (χ0n) is 11.3. The summed E-state index contributed by atoms with van der Waals surface area (Å²) in [5.74, 6) is -1.13. The van der Waals surface area contributed by atoms with Gasteiger partial charge in [-0.25, -0.2) is 0 Å². The van der Waals surface area contributed by atoms with Gasteiger partial charge >= 0.3 is 5.97 Å². The predicted octanol–water partition coefficient (Wildman–Crippen LogP) is 1.64. The van der Waals surface area contributed by atoms with Crippen LogP contribution in [0, 0.1) is 0 Å². The molecule has 4 N–H and O–H groups in total. The van der Waals surface area contributed by atoms with E-state index in [1.807, 2.05) is 12.1 Å². The Kier molecular flexibility index (Phi) is 6.46. The van der Waals surface area contributed by atoms with Crippen LogP contribution in [0.2, 0.25) is 0 Å². The second-order valence-electron chi connectivity index (χ2n) is 4.52. The van der Waals surface area contributed by atoms with Gasteiger partial charge in [-0.1, -0.05) is 24.8 Å². The number of unbranched alkanes of at least 4 members (excludes halogenated alkanes) is 1. The average molecular weight is 276 g/mol. The maximum Gasteiger partial charge on any atom is 0.320 e. The number of nitrogens with two attached hydrogens (primary N) is 1. The molecule has 0 spiro atoms. The van der Waals surface area contributed by atoms with Gasteiger partial charge in [-0.05, 0) is 37.0 Å². The summed E-state index contributed by atoms with van der Waals surface area (Å²) < 4.78 is 0. The average Bonchev–Trinajstić information content (AvgIpc) is 2.46. The number of rotatable bonds is 8. The fraction of sp³-hybridized carbons (Fsp3) is 0.333. The van der Waals surface area contributed by atoms with Crippen LogP contribution in [0.4, 0.5) is 0 Å². The Balaban J connectivity index is 2.26. The van der Waals surface area contributed by atoms with E-state index in [4.69, 9.17) is 10.8 Å². The zero-order valence-corrected chi connectivity index (χ0v) is 11.3. The lowest BCUT2D eigenvalue weighted by Gasteiger charge is -2.07. The molecule has 1 atom stereocenters. The van der Waals surface area contributed by atoms with Crippen molar-refractivity contribution in [3.8, 4) is 0 Å². The lowest BCUT2D eigenvalue weighted by Crippen LogP contribution is -2.30. The van der Waals surface area contributed by atoms with Crippen LogP contribution in [-0.2, 0) is 4.79 Å². The quantitative estimate of drug-likeness (QED) is 0.629. The van der Waals surface area contributed by atoms with Gasteiger partial charge in [-0.15, -0.1) is 0 Å². The van der Waals surface area contributed by atoms with E-state index in [1.165, 1.54) is 0 Å². The van der Waals surface area contributed by atoms with Crippen molar-refractivity contribution in [2.24, 2.45) is 5.73 Å². The summed E-state index contributed by atoms with van der Waals surface area (Å²) in [6.45, 7) is 4.16. The normalized spacial score (nSPS) is 11.7. The Morgan fingerprint density at radius 1 is 1.30 bits per heavy atom. The molecule has 1 aromatic rings. The second kappa shape index (κ2) is 8.12. The Bertz CT molecular complexity index is 469. The number of hydrogen-bond acceptors (Lipinski definition) is 3. The van der Waals surface area contributed by atoms with Crippen LogP contribution in [0.15, 0.2) is 30.8 Å². The van der Waals surface area contributed by atoms with Gasteiger partial charge in [0.15, 0.2) is 0 Å². The molecule has 0 radical (unpaired) electrons. The van der Waals surface area contributed by atoms with Gasteiger partial charge in [0.1, 0.15) is 6.04 Å². The van der Waals surface area contributed by atoms with Gasteiger partial charge in [0.25, 0.3) is 5.91 Å². The summed E-state index contributed by atoms with van der Waals surface area (Å²) >= 11 is 0. The molecule has 0 bridgehead atoms. The first kappa shape index (κ1) is 15.9. The van der Waals surface area contributed by atoms with Crippen LogP contribution in [0.5, 0.6) is 0 Å². The van der Waals surface area contributed by atoms with Crippen LogP contribution in [0.1, 0.15) is 35.2 Å². The first-order chi connectivity index (χ1) is 9.54. The molecule has 1 aromatic carbocycles. The minimum Gasteiger partial charge on any atom is -0.480 e. The SMILES string of the molecule is C=Cc1ccc(C(=O)NCCCC[C@H](N)C(=O)O)cc1. The third kappa shape index (κ3) is 5.24. The van der Waals surface area contributed by atoms with Crippen molar-refractivity contribution in [1.82, 2.24) is 5.32 Å². The zero-order chi connectivity index (χ0) is 15.0. The lowest BCUT2D eigenvalue weighted by molar-refractivity contribution is -0.138. The summed E-state index contributed by atoms with van der Waals surface area (Å²) in [5, 5.41) is 11.4. The lowest BCUT2D eigenvalue weighted by atomic mass is 10.1. The van der Waals surface area contributed by atoms with Gasteiger partial charge in [-0.2, -0.15) is 0 Å². The number of benzene rings is 1. The van der Waals surface area contributed by atoms with E-state index >= 15 is 0 Å². The highest BCUT2D eigenvalue weighted by Gasteiger charge is 2.10. The monoisotopic (exact) mass is 276 g/mol. The van der Waals surface area contributed by atoms with Gasteiger partial charge < -0.3 is 16.2 Å². The molecule has 0 saturated heterocycles. The highest BCUT2D eigenvalue weighted by Crippen LogP contribution is 2.05. The van der Waals surface area contributed by atoms with Gasteiger partial charge in [0, 0.05) is 12.1 Å². The topological polar surface area (TPSA) is 92.4 Å². The van der Waals surface area contributed by atoms with Crippen molar-refractivity contribution in [3.05, 3.63) is 42.0 Å². The maximum absolute atomic E-state index is 11.8. The number of nitrogens with one attached hydrogen (secondary N) is 1. The van der Waals surface area contributed by atoms with E-state index in [1.54, 1.807) is 18.2 Å². The van der Waals surface area contributed by atoms with Crippen LogP contribution < -0.4 is 11.1 Å². The van der Waals surface area contributed by atoms with Crippen molar-refractivity contribution in [2.75, 3.05) is 6.54 Å². The van der Waals surface area contributed by atoms with Crippen molar-refractivity contribution < 1.29 is 14.7 Å². The summed E-state index contributed by atoms with van der Waals surface area (Å²) in [6, 6.07) is 6.32. The third-order valence-electron chi connectivity index (χ3n) is 2.95. The molecule has 0 unspecified atom stereocenters. The van der Waals surface area contributed by atoms with Gasteiger partial charge in [-0.3, -0.25) is 9.59 Å². The summed E-state index contributed by atoms with van der Waals surface area (Å²) in [5.41, 5.74) is 6.94.